The average molecular weight is 382 g/mol. The molecule has 1 fully saturated rings. The van der Waals surface area contributed by atoms with Crippen LogP contribution in [0, 0.1) is 0 Å². The zero-order valence-electron chi connectivity index (χ0n) is 13.1. The number of ether oxygens (including phenoxy) is 1. The number of carboxylic acid groups (broad SMARTS) is 1. The van der Waals surface area contributed by atoms with Gasteiger partial charge in [0.15, 0.2) is 0 Å². The minimum atomic E-state index is -4.57. The molecule has 11 heteroatoms. The third kappa shape index (κ3) is 5.14. The topological polar surface area (TPSA) is 87.2 Å². The summed E-state index contributed by atoms with van der Waals surface area (Å²) in [4.78, 5) is 11.0. The standard InChI is InChI=1S/C14H17F3N2O5S/c15-14(16,17)12-3-1-2-11(8-12)9-19(10-13(20)21)25(22,23)18-4-6-24-7-5-18/h1-3,8H,4-7,9-10H2,(H,20,21). The second-order valence-electron chi connectivity index (χ2n) is 5.38. The molecule has 0 amide bonds. The molecule has 140 valence electrons. The molecule has 1 N–H and O–H groups in total. The molecule has 1 saturated heterocycles. The highest BCUT2D eigenvalue weighted by Crippen LogP contribution is 2.30. The quantitative estimate of drug-likeness (QED) is 0.798. The molecule has 1 aliphatic heterocycles. The summed E-state index contributed by atoms with van der Waals surface area (Å²) >= 11 is 0. The fraction of sp³-hybridized carbons (Fsp3) is 0.500. The van der Waals surface area contributed by atoms with Crippen molar-refractivity contribution < 1.29 is 36.2 Å². The number of carbonyl (C=O) groups is 1. The van der Waals surface area contributed by atoms with Gasteiger partial charge in [-0.05, 0) is 11.6 Å². The van der Waals surface area contributed by atoms with Gasteiger partial charge in [-0.3, -0.25) is 4.79 Å². The Morgan fingerprint density at radius 2 is 1.92 bits per heavy atom. The molecular formula is C14H17F3N2O5S. The summed E-state index contributed by atoms with van der Waals surface area (Å²) in [6, 6.07) is 4.14. The van der Waals surface area contributed by atoms with Crippen molar-refractivity contribution in [3.8, 4) is 0 Å². The molecule has 0 bridgehead atoms. The number of hydrogen-bond acceptors (Lipinski definition) is 4. The molecule has 0 radical (unpaired) electrons. The molecule has 1 aromatic rings. The number of hydrogen-bond donors (Lipinski definition) is 1. The van der Waals surface area contributed by atoms with E-state index in [9.17, 15) is 26.4 Å². The zero-order valence-corrected chi connectivity index (χ0v) is 13.9. The molecule has 0 aromatic heterocycles. The van der Waals surface area contributed by atoms with Gasteiger partial charge in [0, 0.05) is 19.6 Å². The second-order valence-corrected chi connectivity index (χ2v) is 7.31. The van der Waals surface area contributed by atoms with Gasteiger partial charge in [0.1, 0.15) is 6.54 Å². The Hall–Kier alpha value is -1.69. The maximum Gasteiger partial charge on any atom is 0.416 e. The van der Waals surface area contributed by atoms with Crippen LogP contribution in [-0.4, -0.2) is 61.0 Å². The highest BCUT2D eigenvalue weighted by atomic mass is 32.2. The van der Waals surface area contributed by atoms with E-state index in [4.69, 9.17) is 9.84 Å². The lowest BCUT2D eigenvalue weighted by Crippen LogP contribution is -2.49. The van der Waals surface area contributed by atoms with Gasteiger partial charge in [0.05, 0.1) is 18.8 Å². The molecule has 25 heavy (non-hydrogen) atoms. The molecule has 0 aliphatic carbocycles. The van der Waals surface area contributed by atoms with Crippen LogP contribution in [-0.2, 0) is 32.5 Å². The number of benzene rings is 1. The van der Waals surface area contributed by atoms with E-state index in [1.54, 1.807) is 0 Å². The Bertz CT molecular complexity index is 717. The summed E-state index contributed by atoms with van der Waals surface area (Å²) in [5, 5.41) is 8.98. The van der Waals surface area contributed by atoms with Crippen molar-refractivity contribution in [2.45, 2.75) is 12.7 Å². The van der Waals surface area contributed by atoms with Gasteiger partial charge in [-0.2, -0.15) is 30.2 Å². The second kappa shape index (κ2) is 7.68. The summed E-state index contributed by atoms with van der Waals surface area (Å²) in [5.74, 6) is -1.40. The Morgan fingerprint density at radius 1 is 1.28 bits per heavy atom. The Morgan fingerprint density at radius 3 is 2.48 bits per heavy atom. The largest absolute Gasteiger partial charge is 0.480 e. The van der Waals surface area contributed by atoms with E-state index in [-0.39, 0.29) is 31.9 Å². The SMILES string of the molecule is O=C(O)CN(Cc1cccc(C(F)(F)F)c1)S(=O)(=O)N1CCOCC1. The predicted octanol–water partition coefficient (Wildman–Crippen LogP) is 1.17. The van der Waals surface area contributed by atoms with E-state index >= 15 is 0 Å². The van der Waals surface area contributed by atoms with Crippen molar-refractivity contribution >= 4 is 16.2 Å². The fourth-order valence-electron chi connectivity index (χ4n) is 2.36. The highest BCUT2D eigenvalue weighted by Gasteiger charge is 2.34. The van der Waals surface area contributed by atoms with E-state index in [2.05, 4.69) is 0 Å². The summed E-state index contributed by atoms with van der Waals surface area (Å²) < 4.78 is 70.4. The molecule has 1 aromatic carbocycles. The van der Waals surface area contributed by atoms with Gasteiger partial charge in [0.25, 0.3) is 10.2 Å². The van der Waals surface area contributed by atoms with Crippen molar-refractivity contribution in [2.75, 3.05) is 32.8 Å². The number of aliphatic carboxylic acids is 1. The first-order chi connectivity index (χ1) is 11.6. The third-order valence-corrected chi connectivity index (χ3v) is 5.48. The first-order valence-electron chi connectivity index (χ1n) is 7.31. The summed E-state index contributed by atoms with van der Waals surface area (Å²) in [7, 11) is -4.14. The Balaban J connectivity index is 2.27. The smallest absolute Gasteiger partial charge is 0.416 e. The van der Waals surface area contributed by atoms with Crippen LogP contribution in [0.5, 0.6) is 0 Å². The van der Waals surface area contributed by atoms with Gasteiger partial charge in [0.2, 0.25) is 0 Å². The van der Waals surface area contributed by atoms with Crippen molar-refractivity contribution in [1.29, 1.82) is 0 Å². The van der Waals surface area contributed by atoms with Crippen molar-refractivity contribution in [3.63, 3.8) is 0 Å². The Kier molecular flexibility index (Phi) is 6.03. The van der Waals surface area contributed by atoms with E-state index in [1.165, 1.54) is 6.07 Å². The van der Waals surface area contributed by atoms with Gasteiger partial charge >= 0.3 is 12.1 Å². The van der Waals surface area contributed by atoms with Gasteiger partial charge in [-0.1, -0.05) is 18.2 Å². The first-order valence-corrected chi connectivity index (χ1v) is 8.71. The van der Waals surface area contributed by atoms with Crippen LogP contribution in [0.25, 0.3) is 0 Å². The lowest BCUT2D eigenvalue weighted by Gasteiger charge is -2.31. The average Bonchev–Trinajstić information content (AvgIpc) is 2.54. The summed E-state index contributed by atoms with van der Waals surface area (Å²) in [5.41, 5.74) is -0.878. The summed E-state index contributed by atoms with van der Waals surface area (Å²) in [6.45, 7) is -0.874. The maximum atomic E-state index is 12.8. The molecule has 0 spiro atoms. The van der Waals surface area contributed by atoms with Crippen LogP contribution in [0.1, 0.15) is 11.1 Å². The van der Waals surface area contributed by atoms with Crippen molar-refractivity contribution in [3.05, 3.63) is 35.4 Å². The molecule has 1 heterocycles. The summed E-state index contributed by atoms with van der Waals surface area (Å²) in [6.07, 6.45) is -4.57. The number of nitrogens with zero attached hydrogens (tertiary/aromatic N) is 2. The lowest BCUT2D eigenvalue weighted by molar-refractivity contribution is -0.138. The van der Waals surface area contributed by atoms with Crippen molar-refractivity contribution in [1.82, 2.24) is 8.61 Å². The van der Waals surface area contributed by atoms with Crippen LogP contribution < -0.4 is 0 Å². The maximum absolute atomic E-state index is 12.8. The van der Waals surface area contributed by atoms with Crippen LogP contribution in [0.15, 0.2) is 24.3 Å². The van der Waals surface area contributed by atoms with Gasteiger partial charge < -0.3 is 9.84 Å². The minimum absolute atomic E-state index is 0.0490. The third-order valence-electron chi connectivity index (χ3n) is 3.55. The molecule has 0 saturated carbocycles. The number of carboxylic acids is 1. The van der Waals surface area contributed by atoms with Crippen LogP contribution >= 0.6 is 0 Å². The fourth-order valence-corrected chi connectivity index (χ4v) is 3.88. The van der Waals surface area contributed by atoms with Gasteiger partial charge in [-0.25, -0.2) is 0 Å². The molecule has 0 unspecified atom stereocenters. The normalized spacial score (nSPS) is 17.0. The molecule has 7 nitrogen and oxygen atoms in total. The van der Waals surface area contributed by atoms with Crippen LogP contribution in [0.3, 0.4) is 0 Å². The number of halogens is 3. The van der Waals surface area contributed by atoms with E-state index in [0.29, 0.717) is 4.31 Å². The number of alkyl halides is 3. The lowest BCUT2D eigenvalue weighted by atomic mass is 10.1. The molecule has 2 rings (SSSR count). The monoisotopic (exact) mass is 382 g/mol. The molecule has 0 atom stereocenters. The van der Waals surface area contributed by atoms with Gasteiger partial charge in [-0.15, -0.1) is 0 Å². The molecule has 1 aliphatic rings. The highest BCUT2D eigenvalue weighted by molar-refractivity contribution is 7.86. The van der Waals surface area contributed by atoms with E-state index in [0.717, 1.165) is 22.5 Å². The first kappa shape index (κ1) is 19.6. The van der Waals surface area contributed by atoms with Crippen LogP contribution in [0.2, 0.25) is 0 Å². The number of rotatable bonds is 6. The van der Waals surface area contributed by atoms with E-state index in [1.807, 2.05) is 0 Å². The van der Waals surface area contributed by atoms with Crippen molar-refractivity contribution in [2.24, 2.45) is 0 Å². The van der Waals surface area contributed by atoms with Crippen LogP contribution in [0.4, 0.5) is 13.2 Å². The zero-order chi connectivity index (χ0) is 18.7. The van der Waals surface area contributed by atoms with E-state index < -0.39 is 41.0 Å². The minimum Gasteiger partial charge on any atom is -0.480 e. The molecular weight excluding hydrogens is 365 g/mol. The Labute approximate surface area is 142 Å². The predicted molar refractivity (Wildman–Crippen MR) is 80.8 cm³/mol. The number of morpholine rings is 1.